The summed E-state index contributed by atoms with van der Waals surface area (Å²) in [5.41, 5.74) is 0. The molecular weight excluding hydrogens is 418 g/mol. The summed E-state index contributed by atoms with van der Waals surface area (Å²) in [5, 5.41) is 9.09. The molecule has 3 saturated carbocycles. The van der Waals surface area contributed by atoms with Crippen LogP contribution in [0.3, 0.4) is 0 Å². The van der Waals surface area contributed by atoms with Gasteiger partial charge in [0.15, 0.2) is 0 Å². The first-order valence-corrected chi connectivity index (χ1v) is 14.6. The van der Waals surface area contributed by atoms with Crippen LogP contribution >= 0.6 is 0 Å². The molecule has 0 bridgehead atoms. The maximum atomic E-state index is 15.1. The molecule has 4 heteroatoms. The molecule has 3 aliphatic rings. The number of rotatable bonds is 11. The van der Waals surface area contributed by atoms with Gasteiger partial charge in [-0.3, -0.25) is 0 Å². The second-order valence-electron chi connectivity index (χ2n) is 11.8. The Morgan fingerprint density at radius 1 is 0.727 bits per heavy atom. The molecule has 0 aromatic heterocycles. The van der Waals surface area contributed by atoms with Crippen molar-refractivity contribution in [3.63, 3.8) is 0 Å². The first kappa shape index (κ1) is 27.4. The van der Waals surface area contributed by atoms with Crippen LogP contribution in [0.15, 0.2) is 0 Å². The number of hydrogen-bond donors (Lipinski definition) is 1. The van der Waals surface area contributed by atoms with Gasteiger partial charge in [-0.05, 0) is 99.7 Å². The van der Waals surface area contributed by atoms with Crippen LogP contribution in [0, 0.1) is 41.4 Å². The maximum Gasteiger partial charge on any atom is 0.358 e. The summed E-state index contributed by atoms with van der Waals surface area (Å²) in [6.45, 7) is 7.09. The Morgan fingerprint density at radius 3 is 1.94 bits per heavy atom. The Balaban J connectivity index is 1.52. The van der Waals surface area contributed by atoms with Crippen molar-refractivity contribution in [2.75, 3.05) is 6.61 Å². The van der Waals surface area contributed by atoms with Gasteiger partial charge < -0.3 is 9.84 Å². The summed E-state index contributed by atoms with van der Waals surface area (Å²) < 4.78 is 35.7. The van der Waals surface area contributed by atoms with Crippen molar-refractivity contribution in [3.05, 3.63) is 0 Å². The zero-order chi connectivity index (χ0) is 23.8. The fourth-order valence-electron chi connectivity index (χ4n) is 7.83. The Labute approximate surface area is 202 Å². The highest BCUT2D eigenvalue weighted by molar-refractivity contribution is 4.91. The first-order valence-electron chi connectivity index (χ1n) is 14.6. The third-order valence-electron chi connectivity index (χ3n) is 9.99. The van der Waals surface area contributed by atoms with E-state index < -0.39 is 12.0 Å². The van der Waals surface area contributed by atoms with E-state index in [0.717, 1.165) is 75.5 Å². The van der Waals surface area contributed by atoms with Gasteiger partial charge in [0.25, 0.3) is 0 Å². The number of aliphatic hydroxyl groups is 1. The predicted octanol–water partition coefficient (Wildman–Crippen LogP) is 8.61. The molecule has 0 radical (unpaired) electrons. The largest absolute Gasteiger partial charge is 0.396 e. The highest BCUT2D eigenvalue weighted by Crippen LogP contribution is 2.50. The summed E-state index contributed by atoms with van der Waals surface area (Å²) in [4.78, 5) is 0. The van der Waals surface area contributed by atoms with Crippen LogP contribution in [0.1, 0.15) is 124 Å². The van der Waals surface area contributed by atoms with E-state index >= 15 is 8.78 Å². The Bertz CT molecular complexity index is 546. The van der Waals surface area contributed by atoms with Crippen LogP contribution in [0.4, 0.5) is 8.78 Å². The van der Waals surface area contributed by atoms with Crippen LogP contribution in [0.2, 0.25) is 0 Å². The summed E-state index contributed by atoms with van der Waals surface area (Å²) >= 11 is 0. The molecule has 0 amide bonds. The van der Waals surface area contributed by atoms with E-state index in [9.17, 15) is 0 Å². The van der Waals surface area contributed by atoms with E-state index in [-0.39, 0.29) is 6.10 Å². The molecule has 6 unspecified atom stereocenters. The molecule has 6 atom stereocenters. The van der Waals surface area contributed by atoms with Crippen molar-refractivity contribution in [1.82, 2.24) is 0 Å². The van der Waals surface area contributed by atoms with Crippen LogP contribution in [0.5, 0.6) is 0 Å². The lowest BCUT2D eigenvalue weighted by atomic mass is 9.60. The lowest BCUT2D eigenvalue weighted by Gasteiger charge is -2.47. The highest BCUT2D eigenvalue weighted by Gasteiger charge is 2.47. The molecule has 3 aliphatic carbocycles. The topological polar surface area (TPSA) is 29.5 Å². The molecule has 0 aromatic rings. The molecule has 0 saturated heterocycles. The smallest absolute Gasteiger partial charge is 0.358 e. The lowest BCUT2D eigenvalue weighted by molar-refractivity contribution is -0.304. The average molecular weight is 471 g/mol. The van der Waals surface area contributed by atoms with E-state index in [1.165, 1.54) is 32.1 Å². The molecule has 33 heavy (non-hydrogen) atoms. The van der Waals surface area contributed by atoms with E-state index in [1.54, 1.807) is 0 Å². The van der Waals surface area contributed by atoms with Crippen molar-refractivity contribution < 1.29 is 18.6 Å². The molecule has 0 spiro atoms. The minimum Gasteiger partial charge on any atom is -0.396 e. The predicted molar refractivity (Wildman–Crippen MR) is 132 cm³/mol. The maximum absolute atomic E-state index is 15.1. The van der Waals surface area contributed by atoms with E-state index in [2.05, 4.69) is 20.8 Å². The fraction of sp³-hybridized carbons (Fsp3) is 1.00. The van der Waals surface area contributed by atoms with Gasteiger partial charge in [-0.2, -0.15) is 8.78 Å². The summed E-state index contributed by atoms with van der Waals surface area (Å²) in [5.74, 6) is 3.63. The molecule has 1 N–H and O–H groups in total. The quantitative estimate of drug-likeness (QED) is 0.306. The summed E-state index contributed by atoms with van der Waals surface area (Å²) in [6.07, 6.45) is 13.4. The number of unbranched alkanes of at least 4 members (excludes halogenated alkanes) is 1. The number of ether oxygens (including phenoxy) is 1. The van der Waals surface area contributed by atoms with Gasteiger partial charge in [-0.25, -0.2) is 0 Å². The Morgan fingerprint density at radius 2 is 1.33 bits per heavy atom. The van der Waals surface area contributed by atoms with Crippen molar-refractivity contribution in [1.29, 1.82) is 0 Å². The van der Waals surface area contributed by atoms with Crippen molar-refractivity contribution >= 4 is 0 Å². The van der Waals surface area contributed by atoms with Gasteiger partial charge in [-0.15, -0.1) is 0 Å². The molecule has 2 nitrogen and oxygen atoms in total. The molecule has 3 fully saturated rings. The van der Waals surface area contributed by atoms with Gasteiger partial charge in [-0.1, -0.05) is 59.3 Å². The molecule has 0 heterocycles. The van der Waals surface area contributed by atoms with Crippen LogP contribution in [-0.2, 0) is 4.74 Å². The fourth-order valence-corrected chi connectivity index (χ4v) is 7.83. The molecule has 0 aliphatic heterocycles. The second-order valence-corrected chi connectivity index (χ2v) is 11.8. The molecule has 194 valence electrons. The van der Waals surface area contributed by atoms with Gasteiger partial charge in [0.1, 0.15) is 0 Å². The SMILES string of the molecule is CCC1CCC(C(F)(F)OC2CCC(C3CCC(CCCCO)CC3CC)C(CC)C2)CC1. The van der Waals surface area contributed by atoms with Crippen molar-refractivity contribution in [2.45, 2.75) is 136 Å². The summed E-state index contributed by atoms with van der Waals surface area (Å²) in [6, 6.07) is 0. The van der Waals surface area contributed by atoms with Crippen molar-refractivity contribution in [2.24, 2.45) is 41.4 Å². The van der Waals surface area contributed by atoms with Crippen LogP contribution in [-0.4, -0.2) is 23.9 Å². The van der Waals surface area contributed by atoms with Crippen molar-refractivity contribution in [3.8, 4) is 0 Å². The molecular formula is C29H52F2O2. The van der Waals surface area contributed by atoms with E-state index in [0.29, 0.717) is 37.2 Å². The first-order chi connectivity index (χ1) is 15.9. The monoisotopic (exact) mass is 470 g/mol. The third kappa shape index (κ3) is 7.38. The van der Waals surface area contributed by atoms with Gasteiger partial charge >= 0.3 is 6.11 Å². The number of aliphatic hydroxyl groups excluding tert-OH is 1. The zero-order valence-electron chi connectivity index (χ0n) is 21.8. The minimum atomic E-state index is -2.95. The van der Waals surface area contributed by atoms with E-state index in [4.69, 9.17) is 9.84 Å². The molecule has 3 rings (SSSR count). The normalized spacial score (nSPS) is 38.4. The lowest BCUT2D eigenvalue weighted by Crippen LogP contribution is -2.43. The second kappa shape index (κ2) is 13.2. The highest BCUT2D eigenvalue weighted by atomic mass is 19.3. The van der Waals surface area contributed by atoms with Gasteiger partial charge in [0, 0.05) is 6.61 Å². The van der Waals surface area contributed by atoms with Gasteiger partial charge in [0.2, 0.25) is 0 Å². The Kier molecular flexibility index (Phi) is 10.9. The number of hydrogen-bond acceptors (Lipinski definition) is 2. The Hall–Kier alpha value is -0.220. The van der Waals surface area contributed by atoms with Crippen LogP contribution in [0.25, 0.3) is 0 Å². The zero-order valence-corrected chi connectivity index (χ0v) is 21.8. The molecule has 0 aromatic carbocycles. The van der Waals surface area contributed by atoms with Gasteiger partial charge in [0.05, 0.1) is 12.0 Å². The summed E-state index contributed by atoms with van der Waals surface area (Å²) in [7, 11) is 0. The van der Waals surface area contributed by atoms with E-state index in [1.807, 2.05) is 0 Å². The third-order valence-corrected chi connectivity index (χ3v) is 9.99. The average Bonchev–Trinajstić information content (AvgIpc) is 2.84. The number of halogens is 2. The standard InChI is InChI=1S/C29H52F2O2/c1-4-21-10-13-25(14-11-21)29(30,31)33-26-15-17-28(24(6-3)20-26)27-16-12-22(9-7-8-18-32)19-23(27)5-2/h21-28,32H,4-20H2,1-3H3. The minimum absolute atomic E-state index is 0.264. The number of alkyl halides is 2. The van der Waals surface area contributed by atoms with Crippen LogP contribution < -0.4 is 0 Å².